The number of benzene rings is 3. The first-order chi connectivity index (χ1) is 13.0. The van der Waals surface area contributed by atoms with Crippen LogP contribution in [0.4, 0.5) is 11.4 Å². The number of hydrogen-bond acceptors (Lipinski definition) is 4. The van der Waals surface area contributed by atoms with Crippen LogP contribution in [0, 0.1) is 10.1 Å². The first kappa shape index (κ1) is 19.2. The molecule has 3 aromatic rings. The highest BCUT2D eigenvalue weighted by Gasteiger charge is 2.07. The third kappa shape index (κ3) is 5.21. The van der Waals surface area contributed by atoms with E-state index < -0.39 is 4.92 Å². The number of non-ortho nitro benzene ring substituents is 1. The molecule has 0 heterocycles. The number of nitrogens with zero attached hydrogens (tertiary/aromatic N) is 1. The standard InChI is InChI=1S/C20H16BrClN2O3/c21-18-10-7-16(11-19(18)22)23-12-15-3-1-2-4-20(15)27-13-14-5-8-17(9-6-14)24(25)26/h1-11,23H,12-13H2. The molecule has 0 radical (unpaired) electrons. The molecule has 0 saturated heterocycles. The number of nitrogens with one attached hydrogen (secondary N) is 1. The van der Waals surface area contributed by atoms with Gasteiger partial charge < -0.3 is 10.1 Å². The lowest BCUT2D eigenvalue weighted by Crippen LogP contribution is -2.03. The lowest BCUT2D eigenvalue weighted by atomic mass is 10.2. The van der Waals surface area contributed by atoms with E-state index in [9.17, 15) is 10.1 Å². The molecular formula is C20H16BrClN2O3. The molecule has 0 fully saturated rings. The van der Waals surface area contributed by atoms with Crippen molar-refractivity contribution in [3.8, 4) is 5.75 Å². The molecule has 0 spiro atoms. The van der Waals surface area contributed by atoms with Crippen LogP contribution >= 0.6 is 27.5 Å². The SMILES string of the molecule is O=[N+]([O-])c1ccc(COc2ccccc2CNc2ccc(Br)c(Cl)c2)cc1. The molecule has 0 amide bonds. The summed E-state index contributed by atoms with van der Waals surface area (Å²) in [5.74, 6) is 0.756. The maximum atomic E-state index is 10.7. The van der Waals surface area contributed by atoms with Gasteiger partial charge in [-0.25, -0.2) is 0 Å². The Morgan fingerprint density at radius 2 is 1.81 bits per heavy atom. The summed E-state index contributed by atoms with van der Waals surface area (Å²) in [6.45, 7) is 0.910. The van der Waals surface area contributed by atoms with Crippen LogP contribution in [-0.4, -0.2) is 4.92 Å². The van der Waals surface area contributed by atoms with Crippen molar-refractivity contribution in [2.45, 2.75) is 13.2 Å². The van der Waals surface area contributed by atoms with Crippen molar-refractivity contribution in [3.63, 3.8) is 0 Å². The lowest BCUT2D eigenvalue weighted by Gasteiger charge is -2.13. The molecule has 7 heteroatoms. The third-order valence-corrected chi connectivity index (χ3v) is 5.15. The normalized spacial score (nSPS) is 10.4. The van der Waals surface area contributed by atoms with E-state index in [-0.39, 0.29) is 5.69 Å². The largest absolute Gasteiger partial charge is 0.489 e. The summed E-state index contributed by atoms with van der Waals surface area (Å²) < 4.78 is 6.76. The second-order valence-electron chi connectivity index (χ2n) is 5.80. The number of nitro groups is 1. The molecule has 138 valence electrons. The average molecular weight is 448 g/mol. The van der Waals surface area contributed by atoms with Gasteiger partial charge in [0.1, 0.15) is 12.4 Å². The molecule has 3 rings (SSSR count). The maximum absolute atomic E-state index is 10.7. The molecule has 0 aromatic heterocycles. The Balaban J connectivity index is 1.64. The smallest absolute Gasteiger partial charge is 0.269 e. The molecule has 0 atom stereocenters. The topological polar surface area (TPSA) is 64.4 Å². The predicted molar refractivity (Wildman–Crippen MR) is 110 cm³/mol. The van der Waals surface area contributed by atoms with Crippen LogP contribution in [0.15, 0.2) is 71.2 Å². The summed E-state index contributed by atoms with van der Waals surface area (Å²) in [6.07, 6.45) is 0. The number of rotatable bonds is 7. The van der Waals surface area contributed by atoms with E-state index in [1.165, 1.54) is 12.1 Å². The minimum Gasteiger partial charge on any atom is -0.489 e. The van der Waals surface area contributed by atoms with E-state index in [4.69, 9.17) is 16.3 Å². The van der Waals surface area contributed by atoms with Crippen molar-refractivity contribution < 1.29 is 9.66 Å². The second-order valence-corrected chi connectivity index (χ2v) is 7.06. The number of hydrogen-bond donors (Lipinski definition) is 1. The van der Waals surface area contributed by atoms with Gasteiger partial charge >= 0.3 is 0 Å². The fraction of sp³-hybridized carbons (Fsp3) is 0.100. The number of anilines is 1. The van der Waals surface area contributed by atoms with Gasteiger partial charge in [-0.2, -0.15) is 0 Å². The molecule has 0 saturated carbocycles. The van der Waals surface area contributed by atoms with Crippen molar-refractivity contribution >= 4 is 38.9 Å². The average Bonchev–Trinajstić information content (AvgIpc) is 2.68. The summed E-state index contributed by atoms with van der Waals surface area (Å²) in [7, 11) is 0. The Bertz CT molecular complexity index is 948. The van der Waals surface area contributed by atoms with Crippen LogP contribution in [0.3, 0.4) is 0 Å². The van der Waals surface area contributed by atoms with Gasteiger partial charge in [0.15, 0.2) is 0 Å². The summed E-state index contributed by atoms with van der Waals surface area (Å²) in [5.41, 5.74) is 2.84. The fourth-order valence-corrected chi connectivity index (χ4v) is 2.90. The lowest BCUT2D eigenvalue weighted by molar-refractivity contribution is -0.384. The van der Waals surface area contributed by atoms with Gasteiger partial charge in [-0.1, -0.05) is 29.8 Å². The molecule has 0 aliphatic carbocycles. The van der Waals surface area contributed by atoms with E-state index in [1.807, 2.05) is 42.5 Å². The van der Waals surface area contributed by atoms with Gasteiger partial charge in [0.05, 0.1) is 9.95 Å². The van der Waals surface area contributed by atoms with Crippen molar-refractivity contribution in [2.24, 2.45) is 0 Å². The maximum Gasteiger partial charge on any atom is 0.269 e. The first-order valence-electron chi connectivity index (χ1n) is 8.16. The number of halogens is 2. The zero-order valence-electron chi connectivity index (χ0n) is 14.2. The molecule has 0 aliphatic rings. The zero-order chi connectivity index (χ0) is 19.2. The molecule has 0 aliphatic heterocycles. The summed E-state index contributed by atoms with van der Waals surface area (Å²) in [5, 5.41) is 14.7. The molecule has 5 nitrogen and oxygen atoms in total. The van der Waals surface area contributed by atoms with Crippen LogP contribution in [0.5, 0.6) is 5.75 Å². The van der Waals surface area contributed by atoms with Gasteiger partial charge in [-0.3, -0.25) is 10.1 Å². The van der Waals surface area contributed by atoms with Crippen LogP contribution in [0.25, 0.3) is 0 Å². The molecule has 0 bridgehead atoms. The van der Waals surface area contributed by atoms with Gasteiger partial charge in [0, 0.05) is 34.4 Å². The zero-order valence-corrected chi connectivity index (χ0v) is 16.5. The Morgan fingerprint density at radius 1 is 1.07 bits per heavy atom. The predicted octanol–water partition coefficient (Wildman–Crippen LogP) is 6.20. The van der Waals surface area contributed by atoms with Crippen molar-refractivity contribution in [1.82, 2.24) is 0 Å². The molecule has 3 aromatic carbocycles. The second kappa shape index (κ2) is 8.88. The number of ether oxygens (including phenoxy) is 1. The van der Waals surface area contributed by atoms with Gasteiger partial charge in [0.2, 0.25) is 0 Å². The quantitative estimate of drug-likeness (QED) is 0.346. The minimum absolute atomic E-state index is 0.0662. The number of nitro benzene ring substituents is 1. The van der Waals surface area contributed by atoms with E-state index in [0.717, 1.165) is 27.0 Å². The Hall–Kier alpha value is -2.57. The summed E-state index contributed by atoms with van der Waals surface area (Å²) in [4.78, 5) is 10.3. The third-order valence-electron chi connectivity index (χ3n) is 3.92. The summed E-state index contributed by atoms with van der Waals surface area (Å²) >= 11 is 9.50. The van der Waals surface area contributed by atoms with Gasteiger partial charge in [-0.05, 0) is 57.9 Å². The van der Waals surface area contributed by atoms with Crippen LogP contribution < -0.4 is 10.1 Å². The summed E-state index contributed by atoms with van der Waals surface area (Å²) in [6, 6.07) is 19.8. The van der Waals surface area contributed by atoms with Gasteiger partial charge in [0.25, 0.3) is 5.69 Å². The van der Waals surface area contributed by atoms with E-state index in [2.05, 4.69) is 21.2 Å². The highest BCUT2D eigenvalue weighted by atomic mass is 79.9. The van der Waals surface area contributed by atoms with Crippen molar-refractivity contribution in [2.75, 3.05) is 5.32 Å². The van der Waals surface area contributed by atoms with Gasteiger partial charge in [-0.15, -0.1) is 0 Å². The highest BCUT2D eigenvalue weighted by Crippen LogP contribution is 2.27. The minimum atomic E-state index is -0.417. The van der Waals surface area contributed by atoms with E-state index >= 15 is 0 Å². The molecule has 27 heavy (non-hydrogen) atoms. The first-order valence-corrected chi connectivity index (χ1v) is 9.33. The Morgan fingerprint density at radius 3 is 2.52 bits per heavy atom. The molecular weight excluding hydrogens is 432 g/mol. The fourth-order valence-electron chi connectivity index (χ4n) is 2.47. The molecule has 0 unspecified atom stereocenters. The van der Waals surface area contributed by atoms with E-state index in [1.54, 1.807) is 12.1 Å². The van der Waals surface area contributed by atoms with Crippen LogP contribution in [0.1, 0.15) is 11.1 Å². The highest BCUT2D eigenvalue weighted by molar-refractivity contribution is 9.10. The van der Waals surface area contributed by atoms with Crippen molar-refractivity contribution in [1.29, 1.82) is 0 Å². The van der Waals surface area contributed by atoms with Crippen LogP contribution in [0.2, 0.25) is 5.02 Å². The van der Waals surface area contributed by atoms with Crippen LogP contribution in [-0.2, 0) is 13.2 Å². The van der Waals surface area contributed by atoms with E-state index in [0.29, 0.717) is 18.2 Å². The molecule has 1 N–H and O–H groups in total. The Kier molecular flexibility index (Phi) is 6.32. The number of para-hydroxylation sites is 1. The van der Waals surface area contributed by atoms with Crippen molar-refractivity contribution in [3.05, 3.63) is 97.5 Å². The Labute approximate surface area is 170 Å². The monoisotopic (exact) mass is 446 g/mol.